The second kappa shape index (κ2) is 5.98. The Morgan fingerprint density at radius 2 is 1.90 bits per heavy atom. The Balaban J connectivity index is 2.89. The zero-order valence-electron chi connectivity index (χ0n) is 14.5. The number of carbonyl (C=O) groups excluding carboxylic acids is 2. The van der Waals surface area contributed by atoms with E-state index in [1.807, 2.05) is 27.7 Å². The molecule has 0 radical (unpaired) electrons. The summed E-state index contributed by atoms with van der Waals surface area (Å²) in [4.78, 5) is 24.2. The molecule has 2 atom stereocenters. The van der Waals surface area contributed by atoms with Gasteiger partial charge in [-0.1, -0.05) is 34.6 Å². The van der Waals surface area contributed by atoms with Crippen LogP contribution in [0.5, 0.6) is 0 Å². The quantitative estimate of drug-likeness (QED) is 0.742. The Kier molecular flexibility index (Phi) is 5.12. The maximum atomic E-state index is 12.8. The highest BCUT2D eigenvalue weighted by molar-refractivity contribution is 5.78. The number of carbonyl (C=O) groups is 2. The maximum absolute atomic E-state index is 12.8. The zero-order chi connectivity index (χ0) is 16.5. The minimum absolute atomic E-state index is 0.0322. The second-order valence-corrected chi connectivity index (χ2v) is 8.30. The third-order valence-electron chi connectivity index (χ3n) is 4.39. The zero-order valence-corrected chi connectivity index (χ0v) is 14.5. The molecule has 0 N–H and O–H groups in total. The highest BCUT2D eigenvalue weighted by Crippen LogP contribution is 2.42. The summed E-state index contributed by atoms with van der Waals surface area (Å²) >= 11 is 0. The molecule has 21 heavy (non-hydrogen) atoms. The van der Waals surface area contributed by atoms with Gasteiger partial charge in [-0.3, -0.25) is 9.59 Å². The predicted octanol–water partition coefficient (Wildman–Crippen LogP) is 3.72. The molecule has 1 aliphatic rings. The smallest absolute Gasteiger partial charge is 0.312 e. The van der Waals surface area contributed by atoms with Crippen LogP contribution < -0.4 is 0 Å². The van der Waals surface area contributed by atoms with E-state index in [-0.39, 0.29) is 29.7 Å². The van der Waals surface area contributed by atoms with Crippen LogP contribution in [0.2, 0.25) is 0 Å². The van der Waals surface area contributed by atoms with Gasteiger partial charge in [0.1, 0.15) is 5.60 Å². The lowest BCUT2D eigenvalue weighted by Gasteiger charge is -2.41. The van der Waals surface area contributed by atoms with Gasteiger partial charge in [-0.15, -0.1) is 0 Å². The molecule has 0 bridgehead atoms. The van der Waals surface area contributed by atoms with Gasteiger partial charge in [-0.2, -0.15) is 0 Å². The van der Waals surface area contributed by atoms with Crippen LogP contribution in [-0.4, -0.2) is 24.1 Å². The highest BCUT2D eigenvalue weighted by atomic mass is 16.6. The van der Waals surface area contributed by atoms with Gasteiger partial charge in [-0.05, 0) is 31.6 Å². The van der Waals surface area contributed by atoms with Gasteiger partial charge in [0, 0.05) is 6.42 Å². The lowest BCUT2D eigenvalue weighted by atomic mass is 9.68. The van der Waals surface area contributed by atoms with Crippen LogP contribution in [0.15, 0.2) is 0 Å². The van der Waals surface area contributed by atoms with Crippen molar-refractivity contribution in [2.45, 2.75) is 73.3 Å². The molecule has 1 fully saturated rings. The van der Waals surface area contributed by atoms with Crippen molar-refractivity contribution in [1.82, 2.24) is 0 Å². The van der Waals surface area contributed by atoms with E-state index < -0.39 is 11.0 Å². The van der Waals surface area contributed by atoms with Crippen LogP contribution in [0, 0.1) is 16.7 Å². The van der Waals surface area contributed by atoms with Crippen molar-refractivity contribution in [2.75, 3.05) is 6.61 Å². The van der Waals surface area contributed by atoms with Crippen molar-refractivity contribution in [2.24, 2.45) is 16.7 Å². The topological polar surface area (TPSA) is 52.6 Å². The third kappa shape index (κ3) is 4.72. The van der Waals surface area contributed by atoms with Crippen molar-refractivity contribution in [3.05, 3.63) is 0 Å². The molecule has 122 valence electrons. The Morgan fingerprint density at radius 1 is 1.33 bits per heavy atom. The summed E-state index contributed by atoms with van der Waals surface area (Å²) in [6.07, 6.45) is 1.45. The summed E-state index contributed by atoms with van der Waals surface area (Å²) in [7, 11) is 0. The first-order valence-electron chi connectivity index (χ1n) is 7.77. The number of rotatable bonds is 4. The molecule has 1 aliphatic heterocycles. The number of cyclic esters (lactones) is 1. The second-order valence-electron chi connectivity index (χ2n) is 8.30. The van der Waals surface area contributed by atoms with Gasteiger partial charge in [0.25, 0.3) is 0 Å². The lowest BCUT2D eigenvalue weighted by Crippen LogP contribution is -2.46. The minimum Gasteiger partial charge on any atom is -0.465 e. The van der Waals surface area contributed by atoms with Gasteiger partial charge in [-0.25, -0.2) is 0 Å². The fourth-order valence-electron chi connectivity index (χ4n) is 2.87. The molecular formula is C17H30O4. The molecule has 0 aromatic carbocycles. The molecule has 0 aliphatic carbocycles. The van der Waals surface area contributed by atoms with Crippen LogP contribution in [0.1, 0.15) is 67.7 Å². The first-order chi connectivity index (χ1) is 9.38. The fourth-order valence-corrected chi connectivity index (χ4v) is 2.87. The Bertz CT molecular complexity index is 408. The Hall–Kier alpha value is -1.06. The van der Waals surface area contributed by atoms with Crippen molar-refractivity contribution in [3.63, 3.8) is 0 Å². The minimum atomic E-state index is -0.736. The van der Waals surface area contributed by atoms with E-state index in [0.29, 0.717) is 13.0 Å². The summed E-state index contributed by atoms with van der Waals surface area (Å²) in [5, 5.41) is 0. The predicted molar refractivity (Wildman–Crippen MR) is 81.7 cm³/mol. The molecule has 0 saturated carbocycles. The summed E-state index contributed by atoms with van der Waals surface area (Å²) in [6.45, 7) is 14.6. The summed E-state index contributed by atoms with van der Waals surface area (Å²) in [6, 6.07) is 0. The van der Waals surface area contributed by atoms with Gasteiger partial charge < -0.3 is 9.47 Å². The van der Waals surface area contributed by atoms with Crippen LogP contribution in [0.4, 0.5) is 0 Å². The normalized spacial score (nSPS) is 26.2. The average molecular weight is 298 g/mol. The van der Waals surface area contributed by atoms with E-state index in [2.05, 4.69) is 20.8 Å². The highest BCUT2D eigenvalue weighted by Gasteiger charge is 2.45. The van der Waals surface area contributed by atoms with Gasteiger partial charge in [0.15, 0.2) is 0 Å². The molecular weight excluding hydrogens is 268 g/mol. The van der Waals surface area contributed by atoms with Crippen molar-refractivity contribution >= 4 is 11.9 Å². The van der Waals surface area contributed by atoms with Gasteiger partial charge in [0.2, 0.25) is 0 Å². The largest absolute Gasteiger partial charge is 0.465 e. The third-order valence-corrected chi connectivity index (χ3v) is 4.39. The number of ether oxygens (including phenoxy) is 2. The number of hydrogen-bond acceptors (Lipinski definition) is 4. The number of esters is 2. The van der Waals surface area contributed by atoms with Crippen LogP contribution in [0.25, 0.3) is 0 Å². The van der Waals surface area contributed by atoms with Crippen molar-refractivity contribution in [1.29, 1.82) is 0 Å². The van der Waals surface area contributed by atoms with Crippen molar-refractivity contribution < 1.29 is 19.1 Å². The Morgan fingerprint density at radius 3 is 2.33 bits per heavy atom. The van der Waals surface area contributed by atoms with E-state index in [4.69, 9.17) is 9.47 Å². The molecule has 0 aromatic rings. The van der Waals surface area contributed by atoms with Crippen LogP contribution in [0.3, 0.4) is 0 Å². The van der Waals surface area contributed by atoms with Crippen LogP contribution >= 0.6 is 0 Å². The monoisotopic (exact) mass is 298 g/mol. The molecule has 1 saturated heterocycles. The SMILES string of the molecule is CC(C)C(C)(CC(C)(C)C)C(=O)OC1(C)CCOC(=O)C1. The Labute approximate surface area is 128 Å². The molecule has 1 heterocycles. The first-order valence-corrected chi connectivity index (χ1v) is 7.77. The van der Waals surface area contributed by atoms with E-state index in [0.717, 1.165) is 6.42 Å². The summed E-state index contributed by atoms with van der Waals surface area (Å²) < 4.78 is 10.7. The molecule has 2 unspecified atom stereocenters. The molecule has 1 rings (SSSR count). The number of hydrogen-bond donors (Lipinski definition) is 0. The van der Waals surface area contributed by atoms with Crippen LogP contribution in [-0.2, 0) is 19.1 Å². The van der Waals surface area contributed by atoms with E-state index in [1.165, 1.54) is 0 Å². The molecule has 0 spiro atoms. The van der Waals surface area contributed by atoms with Gasteiger partial charge in [0.05, 0.1) is 18.4 Å². The lowest BCUT2D eigenvalue weighted by molar-refractivity contribution is -0.186. The van der Waals surface area contributed by atoms with E-state index in [1.54, 1.807) is 0 Å². The molecule has 4 heteroatoms. The van der Waals surface area contributed by atoms with E-state index >= 15 is 0 Å². The van der Waals surface area contributed by atoms with Crippen molar-refractivity contribution in [3.8, 4) is 0 Å². The van der Waals surface area contributed by atoms with E-state index in [9.17, 15) is 9.59 Å². The molecule has 4 nitrogen and oxygen atoms in total. The molecule has 0 aromatic heterocycles. The standard InChI is InChI=1S/C17H30O4/c1-12(2)17(7,11-15(3,4)5)14(19)21-16(6)8-9-20-13(18)10-16/h12H,8-11H2,1-7H3. The maximum Gasteiger partial charge on any atom is 0.312 e. The molecule has 0 amide bonds. The van der Waals surface area contributed by atoms with Gasteiger partial charge >= 0.3 is 11.9 Å². The fraction of sp³-hybridized carbons (Fsp3) is 0.882. The average Bonchev–Trinajstić information content (AvgIpc) is 2.24. The first kappa shape index (κ1) is 18.0. The summed E-state index contributed by atoms with van der Waals surface area (Å²) in [5.41, 5.74) is -1.26. The summed E-state index contributed by atoms with van der Waals surface area (Å²) in [5.74, 6) is -0.327.